The standard InChI is InChI=1S/C18H28BN4O2S/c1-3-19-9-10-23-15-6-4-5-13(7-8-14(15)20-21-23)12-22-17(24)11-16(26-2)18(22)25/h13,16H,3-12H2,1-2H3. The predicted octanol–water partition coefficient (Wildman–Crippen LogP) is 2.21. The molecule has 0 saturated carbocycles. The molecule has 1 aromatic rings. The Morgan fingerprint density at radius 3 is 2.85 bits per heavy atom. The highest BCUT2D eigenvalue weighted by molar-refractivity contribution is 8.00. The minimum Gasteiger partial charge on any atom is -0.281 e. The lowest BCUT2D eigenvalue weighted by Crippen LogP contribution is -2.36. The summed E-state index contributed by atoms with van der Waals surface area (Å²) in [4.78, 5) is 26.0. The molecular weight excluding hydrogens is 347 g/mol. The molecule has 6 nitrogen and oxygen atoms in total. The first-order valence-electron chi connectivity index (χ1n) is 9.74. The molecule has 2 unspecified atom stereocenters. The fourth-order valence-corrected chi connectivity index (χ4v) is 4.58. The van der Waals surface area contributed by atoms with E-state index in [1.807, 2.05) is 6.26 Å². The monoisotopic (exact) mass is 375 g/mol. The molecule has 3 rings (SSSR count). The van der Waals surface area contributed by atoms with Crippen LogP contribution in [0.25, 0.3) is 0 Å². The number of rotatable bonds is 7. The van der Waals surface area contributed by atoms with Gasteiger partial charge in [-0.1, -0.05) is 24.8 Å². The van der Waals surface area contributed by atoms with Crippen LogP contribution in [-0.4, -0.2) is 57.0 Å². The van der Waals surface area contributed by atoms with Gasteiger partial charge in [-0.2, -0.15) is 11.8 Å². The summed E-state index contributed by atoms with van der Waals surface area (Å²) in [6.45, 7) is 3.64. The summed E-state index contributed by atoms with van der Waals surface area (Å²) in [5.74, 6) is 0.369. The minimum absolute atomic E-state index is 0.00312. The molecule has 1 aromatic heterocycles. The van der Waals surface area contributed by atoms with Crippen molar-refractivity contribution in [2.75, 3.05) is 12.8 Å². The number of aryl methyl sites for hydroxylation is 2. The zero-order valence-electron chi connectivity index (χ0n) is 15.8. The van der Waals surface area contributed by atoms with E-state index in [-0.39, 0.29) is 17.1 Å². The van der Waals surface area contributed by atoms with Crippen molar-refractivity contribution in [1.82, 2.24) is 19.9 Å². The first-order valence-corrected chi connectivity index (χ1v) is 11.0. The highest BCUT2D eigenvalue weighted by Gasteiger charge is 2.39. The summed E-state index contributed by atoms with van der Waals surface area (Å²) in [5.41, 5.74) is 2.39. The molecule has 8 heteroatoms. The Morgan fingerprint density at radius 1 is 1.27 bits per heavy atom. The molecule has 2 heterocycles. The van der Waals surface area contributed by atoms with Crippen LogP contribution in [-0.2, 0) is 29.0 Å². The number of carbonyl (C=O) groups is 2. The Hall–Kier alpha value is -1.31. The molecule has 1 fully saturated rings. The van der Waals surface area contributed by atoms with Crippen LogP contribution < -0.4 is 0 Å². The van der Waals surface area contributed by atoms with Crippen molar-refractivity contribution in [3.8, 4) is 0 Å². The van der Waals surface area contributed by atoms with Gasteiger partial charge in [0.15, 0.2) is 0 Å². The van der Waals surface area contributed by atoms with E-state index in [1.54, 1.807) is 0 Å². The van der Waals surface area contributed by atoms with Crippen LogP contribution in [0.4, 0.5) is 0 Å². The molecule has 0 aromatic carbocycles. The van der Waals surface area contributed by atoms with E-state index >= 15 is 0 Å². The summed E-state index contributed by atoms with van der Waals surface area (Å²) in [6.07, 6.45) is 9.33. The Morgan fingerprint density at radius 2 is 2.12 bits per heavy atom. The zero-order chi connectivity index (χ0) is 18.5. The van der Waals surface area contributed by atoms with Crippen molar-refractivity contribution in [3.05, 3.63) is 11.4 Å². The number of imide groups is 1. The largest absolute Gasteiger partial charge is 0.281 e. The van der Waals surface area contributed by atoms with E-state index in [9.17, 15) is 9.59 Å². The van der Waals surface area contributed by atoms with Gasteiger partial charge in [0.1, 0.15) is 7.28 Å². The third-order valence-electron chi connectivity index (χ3n) is 5.49. The second kappa shape index (κ2) is 9.06. The number of nitrogens with zero attached hydrogens (tertiary/aromatic N) is 4. The summed E-state index contributed by atoms with van der Waals surface area (Å²) < 4.78 is 2.07. The van der Waals surface area contributed by atoms with Gasteiger partial charge >= 0.3 is 0 Å². The minimum atomic E-state index is -0.178. The van der Waals surface area contributed by atoms with Crippen LogP contribution >= 0.6 is 11.8 Å². The van der Waals surface area contributed by atoms with Crippen LogP contribution in [0.3, 0.4) is 0 Å². The maximum absolute atomic E-state index is 12.4. The molecule has 26 heavy (non-hydrogen) atoms. The lowest BCUT2D eigenvalue weighted by atomic mass is 9.72. The number of carbonyl (C=O) groups excluding carboxylic acids is 2. The lowest BCUT2D eigenvalue weighted by molar-refractivity contribution is -0.139. The zero-order valence-corrected chi connectivity index (χ0v) is 16.6. The normalized spacial score (nSPS) is 23.7. The third kappa shape index (κ3) is 4.33. The number of hydrogen-bond acceptors (Lipinski definition) is 5. The Balaban J connectivity index is 1.59. The number of amides is 2. The number of thioether (sulfide) groups is 1. The second-order valence-corrected chi connectivity index (χ2v) is 8.30. The van der Waals surface area contributed by atoms with Gasteiger partial charge in [-0.25, -0.2) is 4.68 Å². The Kier molecular flexibility index (Phi) is 6.78. The summed E-state index contributed by atoms with van der Waals surface area (Å²) in [6, 6.07) is 0. The van der Waals surface area contributed by atoms with Crippen molar-refractivity contribution in [3.63, 3.8) is 0 Å². The smallest absolute Gasteiger partial charge is 0.242 e. The molecular formula is C18H28BN4O2S. The number of likely N-dealkylation sites (tertiary alicyclic amines) is 1. The van der Waals surface area contributed by atoms with Gasteiger partial charge in [-0.15, -0.1) is 5.10 Å². The van der Waals surface area contributed by atoms with Crippen LogP contribution in [0.2, 0.25) is 12.6 Å². The van der Waals surface area contributed by atoms with E-state index in [1.165, 1.54) is 22.4 Å². The van der Waals surface area contributed by atoms with Crippen molar-refractivity contribution in [2.45, 2.75) is 69.9 Å². The fourth-order valence-electron chi connectivity index (χ4n) is 3.95. The molecule has 2 aliphatic rings. The number of fused-ring (bicyclic) bond motifs is 1. The highest BCUT2D eigenvalue weighted by atomic mass is 32.2. The maximum atomic E-state index is 12.4. The SMILES string of the molecule is CC[B]CCn1nnc2c1CCCC(CN1C(=O)CC(SC)C1=O)CC2. The quantitative estimate of drug-likeness (QED) is 0.415. The van der Waals surface area contributed by atoms with Crippen LogP contribution in [0.15, 0.2) is 0 Å². The maximum Gasteiger partial charge on any atom is 0.242 e. The highest BCUT2D eigenvalue weighted by Crippen LogP contribution is 2.28. The third-order valence-corrected chi connectivity index (χ3v) is 6.43. The van der Waals surface area contributed by atoms with Crippen molar-refractivity contribution < 1.29 is 9.59 Å². The van der Waals surface area contributed by atoms with Crippen LogP contribution in [0.5, 0.6) is 0 Å². The van der Waals surface area contributed by atoms with Gasteiger partial charge < -0.3 is 0 Å². The van der Waals surface area contributed by atoms with Crippen LogP contribution in [0, 0.1) is 5.92 Å². The van der Waals surface area contributed by atoms with E-state index in [0.717, 1.165) is 57.0 Å². The molecule has 1 radical (unpaired) electrons. The van der Waals surface area contributed by atoms with E-state index < -0.39 is 0 Å². The van der Waals surface area contributed by atoms with Crippen molar-refractivity contribution in [1.29, 1.82) is 0 Å². The van der Waals surface area contributed by atoms with Crippen molar-refractivity contribution in [2.24, 2.45) is 5.92 Å². The molecule has 141 valence electrons. The Labute approximate surface area is 160 Å². The van der Waals surface area contributed by atoms with Crippen molar-refractivity contribution >= 4 is 30.9 Å². The van der Waals surface area contributed by atoms with E-state index in [4.69, 9.17) is 0 Å². The van der Waals surface area contributed by atoms with Gasteiger partial charge in [0.25, 0.3) is 0 Å². The molecule has 0 bridgehead atoms. The first-order chi connectivity index (χ1) is 12.6. The average molecular weight is 375 g/mol. The van der Waals surface area contributed by atoms with Gasteiger partial charge in [0, 0.05) is 19.5 Å². The molecule has 2 atom stereocenters. The second-order valence-electron chi connectivity index (χ2n) is 7.26. The van der Waals surface area contributed by atoms with Crippen LogP contribution in [0.1, 0.15) is 44.0 Å². The predicted molar refractivity (Wildman–Crippen MR) is 104 cm³/mol. The van der Waals surface area contributed by atoms with Gasteiger partial charge in [0.05, 0.1) is 16.6 Å². The Bertz CT molecular complexity index is 651. The molecule has 1 saturated heterocycles. The summed E-state index contributed by atoms with van der Waals surface area (Å²) in [7, 11) is 2.28. The van der Waals surface area contributed by atoms with Gasteiger partial charge in [-0.3, -0.25) is 14.5 Å². The van der Waals surface area contributed by atoms with Gasteiger partial charge in [-0.05, 0) is 44.3 Å². The first kappa shape index (κ1) is 19.5. The molecule has 0 N–H and O–H groups in total. The fraction of sp³-hybridized carbons (Fsp3) is 0.778. The van der Waals surface area contributed by atoms with E-state index in [2.05, 4.69) is 29.2 Å². The summed E-state index contributed by atoms with van der Waals surface area (Å²) in [5, 5.41) is 8.58. The molecule has 1 aliphatic carbocycles. The summed E-state index contributed by atoms with van der Waals surface area (Å²) >= 11 is 1.48. The molecule has 0 spiro atoms. The number of aromatic nitrogens is 3. The molecule has 1 aliphatic heterocycles. The lowest BCUT2D eigenvalue weighted by Gasteiger charge is -2.24. The molecule has 2 amide bonds. The van der Waals surface area contributed by atoms with E-state index in [0.29, 0.717) is 18.9 Å². The number of hydrogen-bond donors (Lipinski definition) is 0. The average Bonchev–Trinajstić information content (AvgIpc) is 3.11. The topological polar surface area (TPSA) is 68.1 Å². The van der Waals surface area contributed by atoms with Gasteiger partial charge in [0.2, 0.25) is 11.8 Å².